The second-order valence-electron chi connectivity index (χ2n) is 5.23. The first-order valence-electron chi connectivity index (χ1n) is 7.43. The molecular weight excluding hydrogens is 307 g/mol. The van der Waals surface area contributed by atoms with Gasteiger partial charge in [0.2, 0.25) is 5.91 Å². The molecule has 0 aromatic heterocycles. The van der Waals surface area contributed by atoms with E-state index in [9.17, 15) is 9.69 Å². The normalized spacial score (nSPS) is 26.1. The zero-order valence-electron chi connectivity index (χ0n) is 12.7. The summed E-state index contributed by atoms with van der Waals surface area (Å²) in [6, 6.07) is 0. The Bertz CT molecular complexity index is 443. The van der Waals surface area contributed by atoms with Crippen LogP contribution in [0.1, 0.15) is 26.2 Å². The third kappa shape index (κ3) is 5.04. The molecule has 3 unspecified atom stereocenters. The van der Waals surface area contributed by atoms with Gasteiger partial charge in [-0.25, -0.2) is 0 Å². The SMILES string of the molecule is CCCOP(O)OCC1CCC(N2C=CC=C(C(N)=O)C2)O1. The second kappa shape index (κ2) is 8.60. The lowest BCUT2D eigenvalue weighted by molar-refractivity contribution is -0.115. The number of carbonyl (C=O) groups is 1. The minimum Gasteiger partial charge on any atom is -0.366 e. The summed E-state index contributed by atoms with van der Waals surface area (Å²) in [5.74, 6) is -0.411. The Hall–Kier alpha value is -0.980. The highest BCUT2D eigenvalue weighted by Gasteiger charge is 2.31. The Morgan fingerprint density at radius 2 is 2.36 bits per heavy atom. The van der Waals surface area contributed by atoms with Crippen molar-refractivity contribution in [2.75, 3.05) is 19.8 Å². The Balaban J connectivity index is 1.73. The quantitative estimate of drug-likeness (QED) is 0.653. The van der Waals surface area contributed by atoms with E-state index in [0.29, 0.717) is 25.3 Å². The summed E-state index contributed by atoms with van der Waals surface area (Å²) in [5, 5.41) is 0. The highest BCUT2D eigenvalue weighted by molar-refractivity contribution is 7.40. The van der Waals surface area contributed by atoms with Gasteiger partial charge in [0.25, 0.3) is 0 Å². The lowest BCUT2D eigenvalue weighted by Crippen LogP contribution is -2.36. The fourth-order valence-electron chi connectivity index (χ4n) is 2.34. The van der Waals surface area contributed by atoms with Crippen LogP contribution in [0, 0.1) is 0 Å². The average Bonchev–Trinajstić information content (AvgIpc) is 3.00. The van der Waals surface area contributed by atoms with Gasteiger partial charge in [-0.05, 0) is 25.3 Å². The van der Waals surface area contributed by atoms with Crippen molar-refractivity contribution >= 4 is 14.5 Å². The maximum Gasteiger partial charge on any atom is 0.329 e. The molecule has 1 amide bonds. The highest BCUT2D eigenvalue weighted by Crippen LogP contribution is 2.34. The number of hydrogen-bond donors (Lipinski definition) is 2. The Morgan fingerprint density at radius 1 is 1.55 bits per heavy atom. The van der Waals surface area contributed by atoms with Crippen LogP contribution in [-0.2, 0) is 18.6 Å². The van der Waals surface area contributed by atoms with Gasteiger partial charge in [0, 0.05) is 11.8 Å². The van der Waals surface area contributed by atoms with E-state index in [2.05, 4.69) is 0 Å². The lowest BCUT2D eigenvalue weighted by Gasteiger charge is -2.29. The highest BCUT2D eigenvalue weighted by atomic mass is 31.2. The second-order valence-corrected chi connectivity index (χ2v) is 6.22. The van der Waals surface area contributed by atoms with Crippen molar-refractivity contribution < 1.29 is 23.5 Å². The fraction of sp³-hybridized carbons (Fsp3) is 0.643. The van der Waals surface area contributed by atoms with E-state index in [4.69, 9.17) is 19.5 Å². The number of nitrogens with two attached hydrogens (primary N) is 1. The summed E-state index contributed by atoms with van der Waals surface area (Å²) >= 11 is 0. The van der Waals surface area contributed by atoms with Gasteiger partial charge in [0.05, 0.1) is 25.9 Å². The van der Waals surface area contributed by atoms with Crippen molar-refractivity contribution in [3.63, 3.8) is 0 Å². The zero-order valence-corrected chi connectivity index (χ0v) is 13.6. The summed E-state index contributed by atoms with van der Waals surface area (Å²) in [4.78, 5) is 22.7. The van der Waals surface area contributed by atoms with Crippen molar-refractivity contribution in [2.24, 2.45) is 5.73 Å². The molecule has 0 aromatic carbocycles. The molecule has 2 aliphatic heterocycles. The summed E-state index contributed by atoms with van der Waals surface area (Å²) in [6.07, 6.45) is 7.73. The van der Waals surface area contributed by atoms with Crippen LogP contribution < -0.4 is 5.73 Å². The average molecular weight is 330 g/mol. The minimum atomic E-state index is -1.83. The topological polar surface area (TPSA) is 94.3 Å². The summed E-state index contributed by atoms with van der Waals surface area (Å²) in [5.41, 5.74) is 5.88. The van der Waals surface area contributed by atoms with Crippen LogP contribution in [0.4, 0.5) is 0 Å². The first-order chi connectivity index (χ1) is 10.6. The van der Waals surface area contributed by atoms with Gasteiger partial charge in [-0.3, -0.25) is 4.79 Å². The number of amides is 1. The Labute approximate surface area is 131 Å². The summed E-state index contributed by atoms with van der Waals surface area (Å²) in [6.45, 7) is 3.21. The van der Waals surface area contributed by atoms with E-state index >= 15 is 0 Å². The molecular formula is C14H23N2O5P. The Kier molecular flexibility index (Phi) is 6.79. The van der Waals surface area contributed by atoms with E-state index in [1.807, 2.05) is 18.0 Å². The van der Waals surface area contributed by atoms with Crippen LogP contribution in [0.2, 0.25) is 0 Å². The fourth-order valence-corrected chi connectivity index (χ4v) is 3.04. The number of allylic oxidation sites excluding steroid dienone is 2. The molecule has 0 bridgehead atoms. The van der Waals surface area contributed by atoms with E-state index in [1.54, 1.807) is 12.2 Å². The van der Waals surface area contributed by atoms with Crippen molar-refractivity contribution in [2.45, 2.75) is 38.5 Å². The van der Waals surface area contributed by atoms with Crippen molar-refractivity contribution in [1.82, 2.24) is 4.90 Å². The zero-order chi connectivity index (χ0) is 15.9. The molecule has 0 aromatic rings. The minimum absolute atomic E-state index is 0.0799. The van der Waals surface area contributed by atoms with Crippen molar-refractivity contribution in [1.29, 1.82) is 0 Å². The third-order valence-electron chi connectivity index (χ3n) is 3.48. The van der Waals surface area contributed by atoms with E-state index in [-0.39, 0.29) is 12.3 Å². The number of rotatable bonds is 8. The van der Waals surface area contributed by atoms with Crippen LogP contribution in [0.25, 0.3) is 0 Å². The number of primary amides is 1. The molecule has 0 spiro atoms. The predicted octanol–water partition coefficient (Wildman–Crippen LogP) is 1.39. The number of hydrogen-bond acceptors (Lipinski definition) is 6. The van der Waals surface area contributed by atoms with Gasteiger partial charge in [-0.1, -0.05) is 13.0 Å². The third-order valence-corrected chi connectivity index (χ3v) is 4.25. The molecule has 0 saturated carbocycles. The molecule has 0 radical (unpaired) electrons. The molecule has 1 saturated heterocycles. The largest absolute Gasteiger partial charge is 0.366 e. The first kappa shape index (κ1) is 17.4. The van der Waals surface area contributed by atoms with Crippen LogP contribution in [0.15, 0.2) is 23.9 Å². The van der Waals surface area contributed by atoms with Crippen molar-refractivity contribution in [3.8, 4) is 0 Å². The van der Waals surface area contributed by atoms with Crippen LogP contribution in [0.5, 0.6) is 0 Å². The van der Waals surface area contributed by atoms with Crippen LogP contribution in [-0.4, -0.2) is 47.8 Å². The molecule has 2 rings (SSSR count). The molecule has 8 heteroatoms. The van der Waals surface area contributed by atoms with E-state index in [0.717, 1.165) is 19.3 Å². The standard InChI is InChI=1S/C14H23N2O5P/c1-2-8-19-22(18)20-10-12-5-6-13(21-12)16-7-3-4-11(9-16)14(15)17/h3-4,7,12-13,18H,2,5-6,8-10H2,1H3,(H2,15,17). The van der Waals surface area contributed by atoms with Crippen LogP contribution in [0.3, 0.4) is 0 Å². The number of nitrogens with zero attached hydrogens (tertiary/aromatic N) is 1. The lowest BCUT2D eigenvalue weighted by atomic mass is 10.1. The maximum absolute atomic E-state index is 11.2. The van der Waals surface area contributed by atoms with E-state index < -0.39 is 14.5 Å². The first-order valence-corrected chi connectivity index (χ1v) is 8.56. The smallest absolute Gasteiger partial charge is 0.329 e. The molecule has 1 fully saturated rings. The molecule has 3 N–H and O–H groups in total. The van der Waals surface area contributed by atoms with E-state index in [1.165, 1.54) is 0 Å². The van der Waals surface area contributed by atoms with Crippen molar-refractivity contribution in [3.05, 3.63) is 23.9 Å². The predicted molar refractivity (Wildman–Crippen MR) is 82.4 cm³/mol. The number of carbonyl (C=O) groups excluding carboxylic acids is 1. The van der Waals surface area contributed by atoms with Gasteiger partial charge >= 0.3 is 8.60 Å². The van der Waals surface area contributed by atoms with Crippen LogP contribution >= 0.6 is 8.60 Å². The molecule has 22 heavy (non-hydrogen) atoms. The molecule has 124 valence electrons. The van der Waals surface area contributed by atoms with Gasteiger partial charge < -0.3 is 29.3 Å². The van der Waals surface area contributed by atoms with Gasteiger partial charge in [-0.2, -0.15) is 0 Å². The van der Waals surface area contributed by atoms with Gasteiger partial charge in [-0.15, -0.1) is 0 Å². The summed E-state index contributed by atoms with van der Waals surface area (Å²) in [7, 11) is -1.83. The number of ether oxygens (including phenoxy) is 1. The van der Waals surface area contributed by atoms with Gasteiger partial charge in [0.15, 0.2) is 0 Å². The summed E-state index contributed by atoms with van der Waals surface area (Å²) < 4.78 is 16.3. The Morgan fingerprint density at radius 3 is 3.09 bits per heavy atom. The molecule has 2 aliphatic rings. The van der Waals surface area contributed by atoms with Gasteiger partial charge in [0.1, 0.15) is 6.23 Å². The molecule has 2 heterocycles. The molecule has 3 atom stereocenters. The molecule has 0 aliphatic carbocycles. The molecule has 7 nitrogen and oxygen atoms in total. The maximum atomic E-state index is 11.2. The monoisotopic (exact) mass is 330 g/mol.